The van der Waals surface area contributed by atoms with E-state index in [1.54, 1.807) is 27.6 Å². The van der Waals surface area contributed by atoms with Crippen LogP contribution in [0.25, 0.3) is 0 Å². The normalized spacial score (nSPS) is 11.2. The van der Waals surface area contributed by atoms with Gasteiger partial charge >= 0.3 is 5.69 Å². The Bertz CT molecular complexity index is 616. The molecule has 1 aromatic carbocycles. The van der Waals surface area contributed by atoms with Gasteiger partial charge in [-0.1, -0.05) is 17.7 Å². The van der Waals surface area contributed by atoms with E-state index < -0.39 is 5.82 Å². The average molecular weight is 269 g/mol. The molecule has 2 rings (SSSR count). The molecule has 0 atom stereocenters. The second kappa shape index (κ2) is 4.98. The van der Waals surface area contributed by atoms with E-state index in [1.165, 1.54) is 12.1 Å². The Morgan fingerprint density at radius 3 is 2.61 bits per heavy atom. The third kappa shape index (κ3) is 2.48. The lowest BCUT2D eigenvalue weighted by Gasteiger charge is -2.05. The SMILES string of the molecule is CC(C)n1ccn(Cc2ccc(F)c(Cl)c2)c1=O. The van der Waals surface area contributed by atoms with Crippen LogP contribution in [0.2, 0.25) is 5.02 Å². The summed E-state index contributed by atoms with van der Waals surface area (Å²) in [4.78, 5) is 12.0. The third-order valence-corrected chi connectivity index (χ3v) is 3.06. The number of rotatable bonds is 3. The lowest BCUT2D eigenvalue weighted by molar-refractivity contribution is 0.561. The van der Waals surface area contributed by atoms with Crippen LogP contribution in [0.5, 0.6) is 0 Å². The van der Waals surface area contributed by atoms with Crippen molar-refractivity contribution in [3.8, 4) is 0 Å². The molecule has 0 saturated carbocycles. The summed E-state index contributed by atoms with van der Waals surface area (Å²) in [7, 11) is 0. The lowest BCUT2D eigenvalue weighted by atomic mass is 10.2. The van der Waals surface area contributed by atoms with Gasteiger partial charge in [-0.25, -0.2) is 9.18 Å². The Balaban J connectivity index is 2.29. The predicted molar refractivity (Wildman–Crippen MR) is 69.6 cm³/mol. The molecular weight excluding hydrogens is 255 g/mol. The van der Waals surface area contributed by atoms with Gasteiger partial charge in [-0.3, -0.25) is 9.13 Å². The van der Waals surface area contributed by atoms with Gasteiger partial charge in [0.05, 0.1) is 11.6 Å². The highest BCUT2D eigenvalue weighted by atomic mass is 35.5. The Morgan fingerprint density at radius 2 is 2.06 bits per heavy atom. The summed E-state index contributed by atoms with van der Waals surface area (Å²) in [6.45, 7) is 4.28. The number of nitrogens with zero attached hydrogens (tertiary/aromatic N) is 2. The number of aromatic nitrogens is 2. The molecule has 18 heavy (non-hydrogen) atoms. The first kappa shape index (κ1) is 12.9. The minimum absolute atomic E-state index is 0.0730. The molecular formula is C13H14ClFN2O. The molecule has 0 spiro atoms. The number of hydrogen-bond donors (Lipinski definition) is 0. The summed E-state index contributed by atoms with van der Waals surface area (Å²) < 4.78 is 16.2. The van der Waals surface area contributed by atoms with Crippen LogP contribution in [-0.2, 0) is 6.54 Å². The van der Waals surface area contributed by atoms with Crippen molar-refractivity contribution in [1.82, 2.24) is 9.13 Å². The van der Waals surface area contributed by atoms with Gasteiger partial charge in [0.1, 0.15) is 5.82 Å². The summed E-state index contributed by atoms with van der Waals surface area (Å²) in [5.74, 6) is -0.451. The van der Waals surface area contributed by atoms with E-state index in [9.17, 15) is 9.18 Å². The van der Waals surface area contributed by atoms with Crippen molar-refractivity contribution < 1.29 is 4.39 Å². The van der Waals surface area contributed by atoms with Crippen LogP contribution < -0.4 is 5.69 Å². The topological polar surface area (TPSA) is 26.9 Å². The van der Waals surface area contributed by atoms with Crippen molar-refractivity contribution in [1.29, 1.82) is 0 Å². The molecule has 3 nitrogen and oxygen atoms in total. The first-order chi connectivity index (χ1) is 8.49. The predicted octanol–water partition coefficient (Wildman–Crippen LogP) is 3.07. The molecule has 0 unspecified atom stereocenters. The molecule has 0 aliphatic carbocycles. The van der Waals surface area contributed by atoms with Gasteiger partial charge in [0.2, 0.25) is 0 Å². The van der Waals surface area contributed by atoms with Crippen LogP contribution >= 0.6 is 11.6 Å². The summed E-state index contributed by atoms with van der Waals surface area (Å²) in [5, 5.41) is 0.0730. The fourth-order valence-corrected chi connectivity index (χ4v) is 1.98. The van der Waals surface area contributed by atoms with Crippen LogP contribution in [0.1, 0.15) is 25.5 Å². The molecule has 0 fully saturated rings. The van der Waals surface area contributed by atoms with Crippen molar-refractivity contribution >= 4 is 11.6 Å². The van der Waals surface area contributed by atoms with Gasteiger partial charge in [0, 0.05) is 18.4 Å². The summed E-state index contributed by atoms with van der Waals surface area (Å²) >= 11 is 5.71. The van der Waals surface area contributed by atoms with Crippen LogP contribution in [0, 0.1) is 5.82 Å². The molecule has 0 aliphatic heterocycles. The van der Waals surface area contributed by atoms with E-state index in [0.717, 1.165) is 5.56 Å². The van der Waals surface area contributed by atoms with E-state index in [0.29, 0.717) is 6.54 Å². The molecule has 1 heterocycles. The Morgan fingerprint density at radius 1 is 1.33 bits per heavy atom. The quantitative estimate of drug-likeness (QED) is 0.840. The maximum absolute atomic E-state index is 13.0. The van der Waals surface area contributed by atoms with E-state index in [1.807, 2.05) is 13.8 Å². The number of benzene rings is 1. The molecule has 0 N–H and O–H groups in total. The fraction of sp³-hybridized carbons (Fsp3) is 0.308. The number of imidazole rings is 1. The molecule has 96 valence electrons. The lowest BCUT2D eigenvalue weighted by Crippen LogP contribution is -2.25. The minimum atomic E-state index is -0.451. The van der Waals surface area contributed by atoms with Crippen LogP contribution in [0.15, 0.2) is 35.4 Å². The second-order valence-corrected chi connectivity index (χ2v) is 4.87. The van der Waals surface area contributed by atoms with Crippen molar-refractivity contribution in [2.24, 2.45) is 0 Å². The number of hydrogen-bond acceptors (Lipinski definition) is 1. The van der Waals surface area contributed by atoms with E-state index in [4.69, 9.17) is 11.6 Å². The van der Waals surface area contributed by atoms with Gasteiger partial charge in [-0.2, -0.15) is 0 Å². The van der Waals surface area contributed by atoms with Gasteiger partial charge in [0.25, 0.3) is 0 Å². The van der Waals surface area contributed by atoms with Crippen LogP contribution in [-0.4, -0.2) is 9.13 Å². The zero-order chi connectivity index (χ0) is 13.3. The summed E-state index contributed by atoms with van der Waals surface area (Å²) in [6, 6.07) is 4.59. The standard InChI is InChI=1S/C13H14ClFN2O/c1-9(2)17-6-5-16(13(17)18)8-10-3-4-12(15)11(14)7-10/h3-7,9H,8H2,1-2H3. The smallest absolute Gasteiger partial charge is 0.297 e. The first-order valence-electron chi connectivity index (χ1n) is 5.70. The average Bonchev–Trinajstić information content (AvgIpc) is 2.66. The Hall–Kier alpha value is -1.55. The molecule has 1 aromatic heterocycles. The highest BCUT2D eigenvalue weighted by Crippen LogP contribution is 2.16. The molecule has 0 radical (unpaired) electrons. The molecule has 0 amide bonds. The van der Waals surface area contributed by atoms with Crippen molar-refractivity contribution in [3.05, 3.63) is 57.5 Å². The zero-order valence-electron chi connectivity index (χ0n) is 10.2. The third-order valence-electron chi connectivity index (χ3n) is 2.77. The first-order valence-corrected chi connectivity index (χ1v) is 6.08. The van der Waals surface area contributed by atoms with Gasteiger partial charge < -0.3 is 0 Å². The highest BCUT2D eigenvalue weighted by molar-refractivity contribution is 6.30. The maximum Gasteiger partial charge on any atom is 0.328 e. The molecule has 2 aromatic rings. The largest absolute Gasteiger partial charge is 0.328 e. The van der Waals surface area contributed by atoms with E-state index >= 15 is 0 Å². The van der Waals surface area contributed by atoms with Gasteiger partial charge in [-0.05, 0) is 31.5 Å². The Labute approximate surface area is 109 Å². The maximum atomic E-state index is 13.0. The van der Waals surface area contributed by atoms with Crippen LogP contribution in [0.3, 0.4) is 0 Å². The molecule has 0 aliphatic rings. The number of halogens is 2. The van der Waals surface area contributed by atoms with E-state index in [-0.39, 0.29) is 16.8 Å². The molecule has 5 heteroatoms. The van der Waals surface area contributed by atoms with Crippen LogP contribution in [0.4, 0.5) is 4.39 Å². The summed E-state index contributed by atoms with van der Waals surface area (Å²) in [5.41, 5.74) is 0.718. The second-order valence-electron chi connectivity index (χ2n) is 4.46. The monoisotopic (exact) mass is 268 g/mol. The minimum Gasteiger partial charge on any atom is -0.297 e. The Kier molecular flexibility index (Phi) is 3.57. The zero-order valence-corrected chi connectivity index (χ0v) is 11.0. The van der Waals surface area contributed by atoms with Crippen molar-refractivity contribution in [2.75, 3.05) is 0 Å². The fourth-order valence-electron chi connectivity index (χ4n) is 1.78. The highest BCUT2D eigenvalue weighted by Gasteiger charge is 2.07. The van der Waals surface area contributed by atoms with Crippen molar-refractivity contribution in [3.63, 3.8) is 0 Å². The molecule has 0 bridgehead atoms. The molecule has 0 saturated heterocycles. The van der Waals surface area contributed by atoms with E-state index in [2.05, 4.69) is 0 Å². The van der Waals surface area contributed by atoms with Gasteiger partial charge in [-0.15, -0.1) is 0 Å². The van der Waals surface area contributed by atoms with Crippen molar-refractivity contribution in [2.45, 2.75) is 26.4 Å². The van der Waals surface area contributed by atoms with Gasteiger partial charge in [0.15, 0.2) is 0 Å². The summed E-state index contributed by atoms with van der Waals surface area (Å²) in [6.07, 6.45) is 3.47.